The molecule has 3 N–H and O–H groups in total. The zero-order valence-corrected chi connectivity index (χ0v) is 19.0. The minimum absolute atomic E-state index is 0.0504. The number of carbonyl (C=O) groups excluding carboxylic acids is 1. The summed E-state index contributed by atoms with van der Waals surface area (Å²) in [4.78, 5) is 51.4. The summed E-state index contributed by atoms with van der Waals surface area (Å²) < 4.78 is 15.6. The standard InChI is InChI=1S/C20H28N6O8/c1-21-16-18(26(4-8-32-2)5-9-33-3)23-15(17(24-16)25-6-10-34-11-7-25)19(29)22-13(20(30)31)12-14(27)28/h13H,4-12H2,2-3H3,(H,22,29)(H,27,28)(H,30,31)/t13-/m1/s1. The Morgan fingerprint density at radius 3 is 2.29 bits per heavy atom. The lowest BCUT2D eigenvalue weighted by atomic mass is 10.2. The number of carboxylic acids is 2. The minimum Gasteiger partial charge on any atom is -0.481 e. The molecule has 1 atom stereocenters. The summed E-state index contributed by atoms with van der Waals surface area (Å²) in [5.74, 6) is -3.66. The van der Waals surface area contributed by atoms with E-state index < -0.39 is 30.3 Å². The summed E-state index contributed by atoms with van der Waals surface area (Å²) in [6.45, 7) is 10.3. The maximum Gasteiger partial charge on any atom is 0.326 e. The molecular weight excluding hydrogens is 452 g/mol. The van der Waals surface area contributed by atoms with Crippen molar-refractivity contribution in [1.82, 2.24) is 15.3 Å². The number of rotatable bonds is 13. The van der Waals surface area contributed by atoms with Gasteiger partial charge in [-0.1, -0.05) is 11.6 Å². The van der Waals surface area contributed by atoms with E-state index in [-0.39, 0.29) is 23.1 Å². The Hall–Kier alpha value is -3.54. The molecule has 2 rings (SSSR count). The van der Waals surface area contributed by atoms with Crippen LogP contribution in [0.2, 0.25) is 0 Å². The lowest BCUT2D eigenvalue weighted by molar-refractivity contribution is -0.145. The molecular formula is C20H28N6O8. The van der Waals surface area contributed by atoms with Crippen LogP contribution in [-0.4, -0.2) is 111 Å². The van der Waals surface area contributed by atoms with Gasteiger partial charge in [0.2, 0.25) is 0 Å². The summed E-state index contributed by atoms with van der Waals surface area (Å²) in [5.41, 5.74) is -0.222. The van der Waals surface area contributed by atoms with Crippen LogP contribution < -0.4 is 15.1 Å². The van der Waals surface area contributed by atoms with Gasteiger partial charge in [-0.2, -0.15) is 0 Å². The second-order valence-corrected chi connectivity index (χ2v) is 7.19. The van der Waals surface area contributed by atoms with Crippen molar-refractivity contribution in [2.24, 2.45) is 0 Å². The van der Waals surface area contributed by atoms with Crippen molar-refractivity contribution in [2.75, 3.05) is 76.6 Å². The monoisotopic (exact) mass is 480 g/mol. The third-order valence-corrected chi connectivity index (χ3v) is 4.89. The zero-order valence-electron chi connectivity index (χ0n) is 19.0. The van der Waals surface area contributed by atoms with E-state index in [1.807, 2.05) is 0 Å². The van der Waals surface area contributed by atoms with Crippen molar-refractivity contribution in [3.8, 4) is 0 Å². The van der Waals surface area contributed by atoms with Gasteiger partial charge in [0.1, 0.15) is 6.04 Å². The highest BCUT2D eigenvalue weighted by atomic mass is 16.5. The number of morpholine rings is 1. The summed E-state index contributed by atoms with van der Waals surface area (Å²) in [7, 11) is 3.04. The maximum atomic E-state index is 13.1. The fourth-order valence-corrected chi connectivity index (χ4v) is 3.17. The SMILES string of the molecule is [C-]#[N+]c1nc(N2CCOCC2)c(C(=O)N[C@H](CC(=O)O)C(=O)O)nc1N(CCOC)CCOC. The van der Waals surface area contributed by atoms with E-state index in [0.29, 0.717) is 52.6 Å². The van der Waals surface area contributed by atoms with Crippen molar-refractivity contribution in [3.63, 3.8) is 0 Å². The Balaban J connectivity index is 2.55. The van der Waals surface area contributed by atoms with E-state index in [1.54, 1.807) is 9.80 Å². The molecule has 1 amide bonds. The molecule has 0 radical (unpaired) electrons. The van der Waals surface area contributed by atoms with E-state index >= 15 is 0 Å². The van der Waals surface area contributed by atoms with Crippen LogP contribution >= 0.6 is 0 Å². The lowest BCUT2D eigenvalue weighted by Gasteiger charge is -2.29. The lowest BCUT2D eigenvalue weighted by Crippen LogP contribution is -2.44. The van der Waals surface area contributed by atoms with Crippen molar-refractivity contribution in [3.05, 3.63) is 17.1 Å². The first kappa shape index (κ1) is 26.7. The highest BCUT2D eigenvalue weighted by Crippen LogP contribution is 2.30. The number of carboxylic acid groups (broad SMARTS) is 2. The molecule has 0 aromatic carbocycles. The van der Waals surface area contributed by atoms with Crippen LogP contribution in [0.15, 0.2) is 0 Å². The number of nitrogens with zero attached hydrogens (tertiary/aromatic N) is 5. The number of hydrogen-bond acceptors (Lipinski definition) is 10. The number of carbonyl (C=O) groups is 3. The van der Waals surface area contributed by atoms with Crippen molar-refractivity contribution >= 4 is 35.3 Å². The molecule has 14 nitrogen and oxygen atoms in total. The molecule has 34 heavy (non-hydrogen) atoms. The van der Waals surface area contributed by atoms with Crippen molar-refractivity contribution in [2.45, 2.75) is 12.5 Å². The van der Waals surface area contributed by atoms with Gasteiger partial charge in [-0.3, -0.25) is 9.59 Å². The summed E-state index contributed by atoms with van der Waals surface area (Å²) in [6, 6.07) is -1.67. The number of anilines is 2. The first-order valence-corrected chi connectivity index (χ1v) is 10.4. The van der Waals surface area contributed by atoms with E-state index in [9.17, 15) is 19.5 Å². The first-order chi connectivity index (χ1) is 16.3. The molecule has 186 valence electrons. The molecule has 0 saturated carbocycles. The fraction of sp³-hybridized carbons (Fsp3) is 0.600. The van der Waals surface area contributed by atoms with Gasteiger partial charge in [-0.05, 0) is 0 Å². The summed E-state index contributed by atoms with van der Waals surface area (Å²) >= 11 is 0. The smallest absolute Gasteiger partial charge is 0.326 e. The van der Waals surface area contributed by atoms with Gasteiger partial charge in [0.15, 0.2) is 11.5 Å². The van der Waals surface area contributed by atoms with Gasteiger partial charge in [-0.15, -0.1) is 0 Å². The number of methoxy groups -OCH3 is 2. The van der Waals surface area contributed by atoms with Crippen LogP contribution in [-0.2, 0) is 23.8 Å². The van der Waals surface area contributed by atoms with Gasteiger partial charge in [0, 0.05) is 40.4 Å². The average Bonchev–Trinajstić information content (AvgIpc) is 2.83. The molecule has 1 aliphatic heterocycles. The number of hydrogen-bond donors (Lipinski definition) is 3. The molecule has 2 heterocycles. The van der Waals surface area contributed by atoms with Crippen molar-refractivity contribution in [1.29, 1.82) is 0 Å². The largest absolute Gasteiger partial charge is 0.481 e. The normalized spacial score (nSPS) is 14.2. The topological polar surface area (TPSA) is 168 Å². The number of amides is 1. The zero-order chi connectivity index (χ0) is 25.1. The Morgan fingerprint density at radius 1 is 1.18 bits per heavy atom. The molecule has 14 heteroatoms. The van der Waals surface area contributed by atoms with E-state index in [0.717, 1.165) is 0 Å². The Bertz CT molecular complexity index is 907. The molecule has 1 fully saturated rings. The third-order valence-electron chi connectivity index (χ3n) is 4.89. The third kappa shape index (κ3) is 7.24. The van der Waals surface area contributed by atoms with Gasteiger partial charge < -0.3 is 44.4 Å². The number of aromatic nitrogens is 2. The van der Waals surface area contributed by atoms with Crippen LogP contribution in [0.1, 0.15) is 16.9 Å². The van der Waals surface area contributed by atoms with Crippen LogP contribution in [0.4, 0.5) is 17.5 Å². The van der Waals surface area contributed by atoms with Gasteiger partial charge in [-0.25, -0.2) is 9.78 Å². The molecule has 1 aromatic rings. The quantitative estimate of drug-likeness (QED) is 0.314. The maximum absolute atomic E-state index is 13.1. The molecule has 1 aromatic heterocycles. The molecule has 1 saturated heterocycles. The van der Waals surface area contributed by atoms with Crippen LogP contribution in [0, 0.1) is 6.57 Å². The average molecular weight is 480 g/mol. The Morgan fingerprint density at radius 2 is 1.79 bits per heavy atom. The molecule has 0 unspecified atom stereocenters. The van der Waals surface area contributed by atoms with Gasteiger partial charge in [0.05, 0.1) is 32.8 Å². The van der Waals surface area contributed by atoms with E-state index in [4.69, 9.17) is 25.9 Å². The molecule has 0 aliphatic carbocycles. The summed E-state index contributed by atoms with van der Waals surface area (Å²) in [6.07, 6.45) is -0.817. The predicted octanol–water partition coefficient (Wildman–Crippen LogP) is -0.379. The predicted molar refractivity (Wildman–Crippen MR) is 118 cm³/mol. The van der Waals surface area contributed by atoms with E-state index in [1.165, 1.54) is 14.2 Å². The highest BCUT2D eigenvalue weighted by Gasteiger charge is 2.32. The second kappa shape index (κ2) is 13.2. The fourth-order valence-electron chi connectivity index (χ4n) is 3.17. The van der Waals surface area contributed by atoms with Crippen LogP contribution in [0.3, 0.4) is 0 Å². The van der Waals surface area contributed by atoms with Gasteiger partial charge in [0.25, 0.3) is 11.7 Å². The number of ether oxygens (including phenoxy) is 3. The van der Waals surface area contributed by atoms with E-state index in [2.05, 4.69) is 20.1 Å². The minimum atomic E-state index is -1.67. The Kier molecular flexibility index (Phi) is 10.4. The van der Waals surface area contributed by atoms with Gasteiger partial charge >= 0.3 is 17.8 Å². The Labute approximate surface area is 196 Å². The summed E-state index contributed by atoms with van der Waals surface area (Å²) in [5, 5.41) is 20.5. The molecule has 0 spiro atoms. The van der Waals surface area contributed by atoms with Crippen LogP contribution in [0.25, 0.3) is 4.85 Å². The first-order valence-electron chi connectivity index (χ1n) is 10.4. The number of aliphatic carboxylic acids is 2. The van der Waals surface area contributed by atoms with Crippen LogP contribution in [0.5, 0.6) is 0 Å². The highest BCUT2D eigenvalue weighted by molar-refractivity contribution is 6.00. The second-order valence-electron chi connectivity index (χ2n) is 7.19. The van der Waals surface area contributed by atoms with Crippen molar-refractivity contribution < 1.29 is 38.8 Å². The number of nitrogens with one attached hydrogen (secondary N) is 1. The molecule has 0 bridgehead atoms. The molecule has 1 aliphatic rings.